The zero-order valence-corrected chi connectivity index (χ0v) is 13.5. The average molecular weight is 310 g/mol. The Balaban J connectivity index is 1.65. The second kappa shape index (κ2) is 10.7. The molecule has 2 aromatic rings. The maximum atomic E-state index is 5.47. The van der Waals surface area contributed by atoms with E-state index in [0.717, 1.165) is 44.7 Å². The van der Waals surface area contributed by atoms with Crippen molar-refractivity contribution in [1.82, 2.24) is 15.6 Å². The van der Waals surface area contributed by atoms with E-state index in [-0.39, 0.29) is 0 Å². The van der Waals surface area contributed by atoms with Crippen molar-refractivity contribution >= 4 is 6.08 Å². The molecule has 0 saturated carbocycles. The molecule has 0 fully saturated rings. The van der Waals surface area contributed by atoms with Crippen molar-refractivity contribution in [3.05, 3.63) is 71.6 Å². The quantitative estimate of drug-likeness (QED) is 0.589. The molecule has 0 spiro atoms. The molecule has 4 N–H and O–H groups in total. The second-order valence-corrected chi connectivity index (χ2v) is 5.46. The smallest absolute Gasteiger partial charge is 0.0340 e. The van der Waals surface area contributed by atoms with Gasteiger partial charge >= 0.3 is 0 Å². The molecule has 0 radical (unpaired) electrons. The molecule has 0 bridgehead atoms. The molecule has 0 amide bonds. The third-order valence-electron chi connectivity index (χ3n) is 3.50. The van der Waals surface area contributed by atoms with Crippen molar-refractivity contribution in [2.45, 2.75) is 19.5 Å². The highest BCUT2D eigenvalue weighted by molar-refractivity contribution is 5.47. The van der Waals surface area contributed by atoms with Gasteiger partial charge < -0.3 is 16.4 Å². The van der Waals surface area contributed by atoms with E-state index in [1.54, 1.807) is 6.20 Å². The van der Waals surface area contributed by atoms with E-state index in [4.69, 9.17) is 5.73 Å². The van der Waals surface area contributed by atoms with E-state index >= 15 is 0 Å². The molecule has 0 aliphatic rings. The highest BCUT2D eigenvalue weighted by atomic mass is 14.9. The molecule has 1 aromatic carbocycles. The van der Waals surface area contributed by atoms with Gasteiger partial charge in [0.05, 0.1) is 0 Å². The first kappa shape index (κ1) is 17.3. The molecular weight excluding hydrogens is 284 g/mol. The van der Waals surface area contributed by atoms with Crippen LogP contribution in [0.4, 0.5) is 0 Å². The van der Waals surface area contributed by atoms with E-state index in [9.17, 15) is 0 Å². The molecule has 0 aliphatic carbocycles. The highest BCUT2D eigenvalue weighted by Gasteiger charge is 1.95. The first-order valence-corrected chi connectivity index (χ1v) is 8.14. The van der Waals surface area contributed by atoms with Gasteiger partial charge in [0.1, 0.15) is 0 Å². The van der Waals surface area contributed by atoms with Crippen LogP contribution in [0.3, 0.4) is 0 Å². The lowest BCUT2D eigenvalue weighted by Crippen LogP contribution is -2.17. The van der Waals surface area contributed by atoms with Gasteiger partial charge in [-0.2, -0.15) is 0 Å². The van der Waals surface area contributed by atoms with Crippen LogP contribution >= 0.6 is 0 Å². The Bertz CT molecular complexity index is 564. The second-order valence-electron chi connectivity index (χ2n) is 5.46. The Morgan fingerprint density at radius 1 is 1.00 bits per heavy atom. The van der Waals surface area contributed by atoms with E-state index in [0.29, 0.717) is 0 Å². The summed E-state index contributed by atoms with van der Waals surface area (Å²) >= 11 is 0. The summed E-state index contributed by atoms with van der Waals surface area (Å²) in [5.74, 6) is 0. The molecule has 0 unspecified atom stereocenters. The fourth-order valence-corrected chi connectivity index (χ4v) is 2.20. The van der Waals surface area contributed by atoms with E-state index in [1.807, 2.05) is 18.3 Å². The Labute approximate surface area is 138 Å². The number of nitrogens with one attached hydrogen (secondary N) is 2. The standard InChI is InChI=1S/C19H26N4/c20-10-3-13-23-16-19-8-6-18(7-9-19)15-22-12-2-5-17-4-1-11-21-14-17/h1-2,4-9,11,14,22-23H,3,10,12-13,15-16,20H2. The monoisotopic (exact) mass is 310 g/mol. The number of rotatable bonds is 10. The average Bonchev–Trinajstić information content (AvgIpc) is 2.60. The predicted molar refractivity (Wildman–Crippen MR) is 96.8 cm³/mol. The number of nitrogens with zero attached hydrogens (tertiary/aromatic N) is 1. The largest absolute Gasteiger partial charge is 0.330 e. The summed E-state index contributed by atoms with van der Waals surface area (Å²) in [7, 11) is 0. The predicted octanol–water partition coefficient (Wildman–Crippen LogP) is 2.32. The molecule has 122 valence electrons. The number of aromatic nitrogens is 1. The third kappa shape index (κ3) is 7.19. The lowest BCUT2D eigenvalue weighted by Gasteiger charge is -2.06. The van der Waals surface area contributed by atoms with Crippen LogP contribution in [0, 0.1) is 0 Å². The van der Waals surface area contributed by atoms with Crippen LogP contribution in [0.5, 0.6) is 0 Å². The first-order chi connectivity index (χ1) is 11.4. The number of hydrogen-bond acceptors (Lipinski definition) is 4. The highest BCUT2D eigenvalue weighted by Crippen LogP contribution is 2.04. The number of benzene rings is 1. The number of nitrogens with two attached hydrogens (primary N) is 1. The zero-order valence-electron chi connectivity index (χ0n) is 13.5. The van der Waals surface area contributed by atoms with Crippen LogP contribution in [0.2, 0.25) is 0 Å². The Morgan fingerprint density at radius 3 is 2.39 bits per heavy atom. The third-order valence-corrected chi connectivity index (χ3v) is 3.50. The minimum atomic E-state index is 0.743. The maximum Gasteiger partial charge on any atom is 0.0340 e. The molecule has 0 atom stereocenters. The normalized spacial score (nSPS) is 11.2. The summed E-state index contributed by atoms with van der Waals surface area (Å²) in [6.07, 6.45) is 8.86. The molecule has 4 nitrogen and oxygen atoms in total. The molecule has 0 saturated heterocycles. The van der Waals surface area contributed by atoms with Crippen LogP contribution in [0.25, 0.3) is 6.08 Å². The van der Waals surface area contributed by atoms with Crippen LogP contribution < -0.4 is 16.4 Å². The van der Waals surface area contributed by atoms with E-state index in [1.165, 1.54) is 11.1 Å². The molecule has 4 heteroatoms. The molecule has 2 rings (SSSR count). The lowest BCUT2D eigenvalue weighted by molar-refractivity contribution is 0.655. The fourth-order valence-electron chi connectivity index (χ4n) is 2.20. The van der Waals surface area contributed by atoms with Crippen LogP contribution in [-0.2, 0) is 13.1 Å². The fraction of sp³-hybridized carbons (Fsp3) is 0.316. The summed E-state index contributed by atoms with van der Waals surface area (Å²) < 4.78 is 0. The topological polar surface area (TPSA) is 63.0 Å². The maximum absolute atomic E-state index is 5.47. The van der Waals surface area contributed by atoms with E-state index < -0.39 is 0 Å². The summed E-state index contributed by atoms with van der Waals surface area (Å²) in [5.41, 5.74) is 9.20. The molecule has 23 heavy (non-hydrogen) atoms. The minimum Gasteiger partial charge on any atom is -0.330 e. The van der Waals surface area contributed by atoms with E-state index in [2.05, 4.69) is 52.0 Å². The Kier molecular flexibility index (Phi) is 8.05. The van der Waals surface area contributed by atoms with Gasteiger partial charge in [-0.15, -0.1) is 0 Å². The molecule has 1 heterocycles. The first-order valence-electron chi connectivity index (χ1n) is 8.14. The van der Waals surface area contributed by atoms with Crippen molar-refractivity contribution in [1.29, 1.82) is 0 Å². The van der Waals surface area contributed by atoms with Crippen LogP contribution in [0.15, 0.2) is 54.9 Å². The minimum absolute atomic E-state index is 0.743. The SMILES string of the molecule is NCCCNCc1ccc(CNCC=Cc2cccnc2)cc1. The summed E-state index contributed by atoms with van der Waals surface area (Å²) in [4.78, 5) is 4.09. The van der Waals surface area contributed by atoms with Crippen LogP contribution in [-0.4, -0.2) is 24.6 Å². The molecule has 0 aliphatic heterocycles. The van der Waals surface area contributed by atoms with Gasteiger partial charge in [0.25, 0.3) is 0 Å². The summed E-state index contributed by atoms with van der Waals surface area (Å²) in [6, 6.07) is 12.7. The Hall–Kier alpha value is -2.01. The zero-order chi connectivity index (χ0) is 16.2. The van der Waals surface area contributed by atoms with Gasteiger partial charge in [-0.05, 0) is 42.3 Å². The van der Waals surface area contributed by atoms with Crippen molar-refractivity contribution < 1.29 is 0 Å². The summed E-state index contributed by atoms with van der Waals surface area (Å²) in [5, 5.41) is 6.80. The van der Waals surface area contributed by atoms with Crippen molar-refractivity contribution in [3.63, 3.8) is 0 Å². The lowest BCUT2D eigenvalue weighted by atomic mass is 10.1. The van der Waals surface area contributed by atoms with Gasteiger partial charge in [0.15, 0.2) is 0 Å². The number of pyridine rings is 1. The molecule has 1 aromatic heterocycles. The van der Waals surface area contributed by atoms with Crippen molar-refractivity contribution in [2.75, 3.05) is 19.6 Å². The van der Waals surface area contributed by atoms with Gasteiger partial charge in [0, 0.05) is 32.0 Å². The van der Waals surface area contributed by atoms with Crippen LogP contribution in [0.1, 0.15) is 23.1 Å². The van der Waals surface area contributed by atoms with Crippen molar-refractivity contribution in [3.8, 4) is 0 Å². The van der Waals surface area contributed by atoms with Gasteiger partial charge in [-0.25, -0.2) is 0 Å². The van der Waals surface area contributed by atoms with Crippen molar-refractivity contribution in [2.24, 2.45) is 5.73 Å². The Morgan fingerprint density at radius 2 is 1.74 bits per heavy atom. The van der Waals surface area contributed by atoms with Gasteiger partial charge in [0.2, 0.25) is 0 Å². The van der Waals surface area contributed by atoms with Gasteiger partial charge in [-0.1, -0.05) is 42.5 Å². The summed E-state index contributed by atoms with van der Waals surface area (Å²) in [6.45, 7) is 4.34. The number of hydrogen-bond donors (Lipinski definition) is 3. The molecular formula is C19H26N4. The van der Waals surface area contributed by atoms with Gasteiger partial charge in [-0.3, -0.25) is 4.98 Å².